The molecule has 0 spiro atoms. The first-order valence-corrected chi connectivity index (χ1v) is 8.96. The zero-order valence-electron chi connectivity index (χ0n) is 14.2. The third-order valence-corrected chi connectivity index (χ3v) is 4.56. The molecular weight excluding hydrogens is 398 g/mol. The maximum atomic E-state index is 12.6. The number of amides is 3. The van der Waals surface area contributed by atoms with Crippen LogP contribution in [0.5, 0.6) is 0 Å². The van der Waals surface area contributed by atoms with Gasteiger partial charge in [-0.1, -0.05) is 28.1 Å². The van der Waals surface area contributed by atoms with Gasteiger partial charge in [-0.25, -0.2) is 0 Å². The molecule has 0 bridgehead atoms. The Kier molecular flexibility index (Phi) is 5.37. The lowest BCUT2D eigenvalue weighted by Crippen LogP contribution is -2.28. The molecule has 1 heterocycles. The van der Waals surface area contributed by atoms with Gasteiger partial charge in [-0.05, 0) is 36.4 Å². The van der Waals surface area contributed by atoms with E-state index in [-0.39, 0.29) is 24.1 Å². The lowest BCUT2D eigenvalue weighted by atomic mass is 10.1. The predicted molar refractivity (Wildman–Crippen MR) is 104 cm³/mol. The van der Waals surface area contributed by atoms with Gasteiger partial charge in [-0.2, -0.15) is 0 Å². The van der Waals surface area contributed by atoms with Crippen molar-refractivity contribution < 1.29 is 14.4 Å². The molecule has 3 amide bonds. The van der Waals surface area contributed by atoms with Crippen LogP contribution in [0.3, 0.4) is 0 Å². The van der Waals surface area contributed by atoms with Gasteiger partial charge >= 0.3 is 0 Å². The standard InChI is InChI=1S/C19H18BrN3O3/c1-12(24)21-15-5-3-6-16(10-15)22-19(26)13-8-18(25)23(11-13)17-7-2-4-14(20)9-17/h2-7,9-10,13H,8,11H2,1H3,(H,21,24)(H,22,26)/t13-/m0/s1. The number of nitrogens with one attached hydrogen (secondary N) is 2. The van der Waals surface area contributed by atoms with Crippen LogP contribution < -0.4 is 15.5 Å². The summed E-state index contributed by atoms with van der Waals surface area (Å²) < 4.78 is 0.880. The predicted octanol–water partition coefficient (Wildman–Crippen LogP) is 3.40. The van der Waals surface area contributed by atoms with E-state index in [1.54, 1.807) is 29.2 Å². The number of hydrogen-bond donors (Lipinski definition) is 2. The Balaban J connectivity index is 1.68. The van der Waals surface area contributed by atoms with Gasteiger partial charge in [0.25, 0.3) is 0 Å². The summed E-state index contributed by atoms with van der Waals surface area (Å²) in [6.45, 7) is 1.76. The van der Waals surface area contributed by atoms with Crippen molar-refractivity contribution in [1.82, 2.24) is 0 Å². The highest BCUT2D eigenvalue weighted by atomic mass is 79.9. The van der Waals surface area contributed by atoms with Gasteiger partial charge in [0.05, 0.1) is 5.92 Å². The Morgan fingerprint density at radius 1 is 1.08 bits per heavy atom. The molecule has 0 saturated carbocycles. The van der Waals surface area contributed by atoms with E-state index in [2.05, 4.69) is 26.6 Å². The van der Waals surface area contributed by atoms with Crippen molar-refractivity contribution in [2.75, 3.05) is 22.1 Å². The van der Waals surface area contributed by atoms with Crippen LogP contribution in [0.2, 0.25) is 0 Å². The lowest BCUT2D eigenvalue weighted by Gasteiger charge is -2.17. The molecule has 3 rings (SSSR count). The Morgan fingerprint density at radius 2 is 1.77 bits per heavy atom. The van der Waals surface area contributed by atoms with E-state index >= 15 is 0 Å². The quantitative estimate of drug-likeness (QED) is 0.802. The number of hydrogen-bond acceptors (Lipinski definition) is 3. The fourth-order valence-electron chi connectivity index (χ4n) is 2.90. The highest BCUT2D eigenvalue weighted by Crippen LogP contribution is 2.28. The van der Waals surface area contributed by atoms with E-state index in [1.807, 2.05) is 24.3 Å². The van der Waals surface area contributed by atoms with Crippen LogP contribution in [0, 0.1) is 5.92 Å². The normalized spacial score (nSPS) is 16.5. The number of anilines is 3. The number of nitrogens with zero attached hydrogens (tertiary/aromatic N) is 1. The van der Waals surface area contributed by atoms with Crippen molar-refractivity contribution >= 4 is 50.7 Å². The number of carbonyl (C=O) groups is 3. The molecule has 0 radical (unpaired) electrons. The summed E-state index contributed by atoms with van der Waals surface area (Å²) in [5.41, 5.74) is 1.95. The van der Waals surface area contributed by atoms with Crippen molar-refractivity contribution in [2.45, 2.75) is 13.3 Å². The summed E-state index contributed by atoms with van der Waals surface area (Å²) in [5, 5.41) is 5.49. The topological polar surface area (TPSA) is 78.5 Å². The Hall–Kier alpha value is -2.67. The maximum absolute atomic E-state index is 12.6. The molecule has 1 saturated heterocycles. The summed E-state index contributed by atoms with van der Waals surface area (Å²) >= 11 is 3.39. The lowest BCUT2D eigenvalue weighted by molar-refractivity contribution is -0.122. The average Bonchev–Trinajstić information content (AvgIpc) is 2.96. The monoisotopic (exact) mass is 415 g/mol. The van der Waals surface area contributed by atoms with E-state index in [4.69, 9.17) is 0 Å². The van der Waals surface area contributed by atoms with Gasteiger partial charge in [-0.3, -0.25) is 14.4 Å². The van der Waals surface area contributed by atoms with Gasteiger partial charge in [0, 0.05) is 41.4 Å². The maximum Gasteiger partial charge on any atom is 0.229 e. The summed E-state index contributed by atoms with van der Waals surface area (Å²) in [4.78, 5) is 37.6. The van der Waals surface area contributed by atoms with Gasteiger partial charge in [0.15, 0.2) is 0 Å². The Morgan fingerprint density at radius 3 is 2.46 bits per heavy atom. The van der Waals surface area contributed by atoms with Gasteiger partial charge < -0.3 is 15.5 Å². The largest absolute Gasteiger partial charge is 0.326 e. The molecule has 2 aromatic carbocycles. The molecular formula is C19H18BrN3O3. The highest BCUT2D eigenvalue weighted by Gasteiger charge is 2.35. The molecule has 0 unspecified atom stereocenters. The van der Waals surface area contributed by atoms with Gasteiger partial charge in [-0.15, -0.1) is 0 Å². The second-order valence-electron chi connectivity index (χ2n) is 6.14. The van der Waals surface area contributed by atoms with Crippen molar-refractivity contribution in [2.24, 2.45) is 5.92 Å². The van der Waals surface area contributed by atoms with E-state index < -0.39 is 5.92 Å². The van der Waals surface area contributed by atoms with Gasteiger partial charge in [0.1, 0.15) is 0 Å². The number of rotatable bonds is 4. The molecule has 6 nitrogen and oxygen atoms in total. The molecule has 134 valence electrons. The molecule has 0 aliphatic carbocycles. The second kappa shape index (κ2) is 7.70. The minimum atomic E-state index is -0.425. The van der Waals surface area contributed by atoms with Crippen LogP contribution in [-0.4, -0.2) is 24.3 Å². The second-order valence-corrected chi connectivity index (χ2v) is 7.05. The molecule has 1 aliphatic heterocycles. The number of benzene rings is 2. The first kappa shape index (κ1) is 18.1. The van der Waals surface area contributed by atoms with E-state index in [9.17, 15) is 14.4 Å². The molecule has 7 heteroatoms. The van der Waals surface area contributed by atoms with Crippen LogP contribution in [-0.2, 0) is 14.4 Å². The van der Waals surface area contributed by atoms with Gasteiger partial charge in [0.2, 0.25) is 17.7 Å². The first-order chi connectivity index (χ1) is 12.4. The third-order valence-electron chi connectivity index (χ3n) is 4.07. The molecule has 1 fully saturated rings. The smallest absolute Gasteiger partial charge is 0.229 e. The Labute approximate surface area is 159 Å². The Bertz CT molecular complexity index is 869. The summed E-state index contributed by atoms with van der Waals surface area (Å²) in [7, 11) is 0. The van der Waals surface area contributed by atoms with Crippen LogP contribution >= 0.6 is 15.9 Å². The van der Waals surface area contributed by atoms with Crippen LogP contribution in [0.4, 0.5) is 17.1 Å². The first-order valence-electron chi connectivity index (χ1n) is 8.17. The molecule has 2 aromatic rings. The number of carbonyl (C=O) groups excluding carboxylic acids is 3. The van der Waals surface area contributed by atoms with Crippen molar-refractivity contribution in [3.05, 3.63) is 53.0 Å². The van der Waals surface area contributed by atoms with E-state index in [0.29, 0.717) is 17.9 Å². The average molecular weight is 416 g/mol. The van der Waals surface area contributed by atoms with E-state index in [0.717, 1.165) is 10.2 Å². The SMILES string of the molecule is CC(=O)Nc1cccc(NC(=O)[C@H]2CC(=O)N(c3cccc(Br)c3)C2)c1. The molecule has 26 heavy (non-hydrogen) atoms. The zero-order valence-corrected chi connectivity index (χ0v) is 15.7. The van der Waals surface area contributed by atoms with Crippen molar-refractivity contribution in [3.63, 3.8) is 0 Å². The molecule has 1 aliphatic rings. The minimum Gasteiger partial charge on any atom is -0.326 e. The van der Waals surface area contributed by atoms with Crippen LogP contribution in [0.15, 0.2) is 53.0 Å². The fraction of sp³-hybridized carbons (Fsp3) is 0.211. The number of halogens is 1. The summed E-state index contributed by atoms with van der Waals surface area (Å²) in [6.07, 6.45) is 0.170. The van der Waals surface area contributed by atoms with Crippen LogP contribution in [0.1, 0.15) is 13.3 Å². The minimum absolute atomic E-state index is 0.0738. The van der Waals surface area contributed by atoms with Crippen molar-refractivity contribution in [1.29, 1.82) is 0 Å². The molecule has 1 atom stereocenters. The van der Waals surface area contributed by atoms with Crippen molar-refractivity contribution in [3.8, 4) is 0 Å². The fourth-order valence-corrected chi connectivity index (χ4v) is 3.29. The van der Waals surface area contributed by atoms with Crippen LogP contribution in [0.25, 0.3) is 0 Å². The summed E-state index contributed by atoms with van der Waals surface area (Å²) in [5.74, 6) is -0.892. The third kappa shape index (κ3) is 4.29. The molecule has 2 N–H and O–H groups in total. The van der Waals surface area contributed by atoms with E-state index in [1.165, 1.54) is 6.92 Å². The zero-order chi connectivity index (χ0) is 18.7. The summed E-state index contributed by atoms with van der Waals surface area (Å²) in [6, 6.07) is 14.4. The molecule has 0 aromatic heterocycles. The highest BCUT2D eigenvalue weighted by molar-refractivity contribution is 9.10.